The maximum absolute atomic E-state index is 12.6. The van der Waals surface area contributed by atoms with Gasteiger partial charge >= 0.3 is 0 Å². The van der Waals surface area contributed by atoms with Crippen LogP contribution in [0.2, 0.25) is 0 Å². The van der Waals surface area contributed by atoms with Gasteiger partial charge < -0.3 is 10.1 Å². The minimum atomic E-state index is -3.19. The van der Waals surface area contributed by atoms with Crippen LogP contribution in [0.3, 0.4) is 0 Å². The summed E-state index contributed by atoms with van der Waals surface area (Å²) >= 11 is 0. The van der Waals surface area contributed by atoms with Crippen LogP contribution < -0.4 is 5.32 Å². The average molecular weight is 304 g/mol. The maximum Gasteiger partial charge on any atom is 0.216 e. The molecule has 0 radical (unpaired) electrons. The monoisotopic (exact) mass is 304 g/mol. The summed E-state index contributed by atoms with van der Waals surface area (Å²) in [6.07, 6.45) is 4.91. The van der Waals surface area contributed by atoms with E-state index in [2.05, 4.69) is 5.32 Å². The van der Waals surface area contributed by atoms with Crippen molar-refractivity contribution in [2.75, 3.05) is 38.5 Å². The molecule has 2 atom stereocenters. The van der Waals surface area contributed by atoms with Gasteiger partial charge in [-0.3, -0.25) is 0 Å². The number of hydrogen-bond acceptors (Lipinski definition) is 4. The molecule has 0 aliphatic carbocycles. The van der Waals surface area contributed by atoms with Crippen LogP contribution in [-0.4, -0.2) is 57.4 Å². The van der Waals surface area contributed by atoms with Gasteiger partial charge in [0.15, 0.2) is 0 Å². The second-order valence-electron chi connectivity index (χ2n) is 5.98. The lowest BCUT2D eigenvalue weighted by Gasteiger charge is -2.30. The van der Waals surface area contributed by atoms with Crippen LogP contribution >= 0.6 is 0 Å². The van der Waals surface area contributed by atoms with E-state index in [-0.39, 0.29) is 11.9 Å². The third-order valence-electron chi connectivity index (χ3n) is 4.15. The van der Waals surface area contributed by atoms with Crippen molar-refractivity contribution in [1.29, 1.82) is 0 Å². The van der Waals surface area contributed by atoms with Crippen molar-refractivity contribution in [3.63, 3.8) is 0 Å². The molecule has 2 rings (SSSR count). The molecule has 2 aliphatic heterocycles. The van der Waals surface area contributed by atoms with E-state index < -0.39 is 10.0 Å². The van der Waals surface area contributed by atoms with E-state index in [1.54, 1.807) is 4.31 Å². The summed E-state index contributed by atoms with van der Waals surface area (Å²) < 4.78 is 32.3. The molecule has 118 valence electrons. The first-order valence-corrected chi connectivity index (χ1v) is 9.53. The quantitative estimate of drug-likeness (QED) is 0.768. The predicted molar refractivity (Wildman–Crippen MR) is 80.2 cm³/mol. The summed E-state index contributed by atoms with van der Waals surface area (Å²) in [6.45, 7) is 6.04. The zero-order valence-corrected chi connectivity index (χ0v) is 13.3. The molecular formula is C14H28N2O3S. The Hall–Kier alpha value is -0.170. The number of nitrogens with one attached hydrogen (secondary N) is 1. The van der Waals surface area contributed by atoms with Gasteiger partial charge in [-0.1, -0.05) is 6.92 Å². The number of hydrogen-bond donors (Lipinski definition) is 1. The molecule has 0 aromatic rings. The van der Waals surface area contributed by atoms with Crippen LogP contribution in [0.1, 0.15) is 39.0 Å². The van der Waals surface area contributed by atoms with Gasteiger partial charge in [0.2, 0.25) is 10.0 Å². The molecule has 20 heavy (non-hydrogen) atoms. The van der Waals surface area contributed by atoms with E-state index in [4.69, 9.17) is 4.74 Å². The highest BCUT2D eigenvalue weighted by Crippen LogP contribution is 2.19. The Morgan fingerprint density at radius 3 is 2.75 bits per heavy atom. The third-order valence-corrected chi connectivity index (χ3v) is 6.06. The predicted octanol–water partition coefficient (Wildman–Crippen LogP) is 1.21. The molecule has 2 aliphatic rings. The minimum Gasteiger partial charge on any atom is -0.377 e. The summed E-state index contributed by atoms with van der Waals surface area (Å²) in [4.78, 5) is 0. The van der Waals surface area contributed by atoms with Crippen molar-refractivity contribution in [2.45, 2.75) is 45.1 Å². The smallest absolute Gasteiger partial charge is 0.216 e. The van der Waals surface area contributed by atoms with E-state index in [0.29, 0.717) is 25.6 Å². The lowest BCUT2D eigenvalue weighted by Crippen LogP contribution is -2.43. The molecule has 2 unspecified atom stereocenters. The van der Waals surface area contributed by atoms with Crippen LogP contribution in [0.15, 0.2) is 0 Å². The average Bonchev–Trinajstić information content (AvgIpc) is 2.91. The van der Waals surface area contributed by atoms with Crippen molar-refractivity contribution in [3.8, 4) is 0 Å². The first-order chi connectivity index (χ1) is 9.62. The lowest BCUT2D eigenvalue weighted by molar-refractivity contribution is 0.126. The lowest BCUT2D eigenvalue weighted by atomic mass is 10.00. The van der Waals surface area contributed by atoms with E-state index in [1.807, 2.05) is 6.92 Å². The molecule has 0 amide bonds. The highest BCUT2D eigenvalue weighted by molar-refractivity contribution is 7.89. The molecule has 5 nitrogen and oxygen atoms in total. The van der Waals surface area contributed by atoms with Crippen LogP contribution in [0.5, 0.6) is 0 Å². The van der Waals surface area contributed by atoms with Crippen LogP contribution in [-0.2, 0) is 14.8 Å². The van der Waals surface area contributed by atoms with Gasteiger partial charge in [-0.25, -0.2) is 12.7 Å². The Kier molecular flexibility index (Phi) is 6.26. The number of sulfonamides is 1. The molecule has 0 spiro atoms. The van der Waals surface area contributed by atoms with Crippen molar-refractivity contribution in [2.24, 2.45) is 5.92 Å². The number of nitrogens with zero attached hydrogens (tertiary/aromatic N) is 1. The molecule has 0 saturated carbocycles. The molecule has 1 N–H and O–H groups in total. The molecule has 6 heteroatoms. The topological polar surface area (TPSA) is 58.6 Å². The fraction of sp³-hybridized carbons (Fsp3) is 1.00. The van der Waals surface area contributed by atoms with Gasteiger partial charge in [-0.2, -0.15) is 0 Å². The van der Waals surface area contributed by atoms with Gasteiger partial charge in [-0.15, -0.1) is 0 Å². The van der Waals surface area contributed by atoms with E-state index in [0.717, 1.165) is 45.2 Å². The Morgan fingerprint density at radius 1 is 1.30 bits per heavy atom. The molecule has 0 aromatic carbocycles. The zero-order chi connectivity index (χ0) is 14.4. The van der Waals surface area contributed by atoms with Crippen molar-refractivity contribution in [3.05, 3.63) is 0 Å². The molecule has 2 fully saturated rings. The second-order valence-corrected chi connectivity index (χ2v) is 8.00. The van der Waals surface area contributed by atoms with E-state index in [9.17, 15) is 8.42 Å². The molecule has 2 saturated heterocycles. The molecular weight excluding hydrogens is 276 g/mol. The SMILES string of the molecule is CCCN(CC1CCCNC1)S(=O)(=O)CC1CCCO1. The van der Waals surface area contributed by atoms with Crippen molar-refractivity contribution >= 4 is 10.0 Å². The molecule has 0 bridgehead atoms. The highest BCUT2D eigenvalue weighted by atomic mass is 32.2. The third kappa shape index (κ3) is 4.69. The zero-order valence-electron chi connectivity index (χ0n) is 12.5. The first-order valence-electron chi connectivity index (χ1n) is 7.92. The van der Waals surface area contributed by atoms with E-state index in [1.165, 1.54) is 0 Å². The summed E-state index contributed by atoms with van der Waals surface area (Å²) in [5, 5.41) is 3.36. The number of ether oxygens (including phenoxy) is 1. The second kappa shape index (κ2) is 7.73. The van der Waals surface area contributed by atoms with Crippen molar-refractivity contribution in [1.82, 2.24) is 9.62 Å². The number of rotatable bonds is 7. The fourth-order valence-corrected chi connectivity index (χ4v) is 4.92. The highest BCUT2D eigenvalue weighted by Gasteiger charge is 2.30. The van der Waals surface area contributed by atoms with Gasteiger partial charge in [0.05, 0.1) is 11.9 Å². The first kappa shape index (κ1) is 16.2. The van der Waals surface area contributed by atoms with E-state index >= 15 is 0 Å². The molecule has 2 heterocycles. The van der Waals surface area contributed by atoms with Gasteiger partial charge in [-0.05, 0) is 51.1 Å². The number of piperidine rings is 1. The summed E-state index contributed by atoms with van der Waals surface area (Å²) in [5.41, 5.74) is 0. The Balaban J connectivity index is 1.93. The van der Waals surface area contributed by atoms with Gasteiger partial charge in [0.25, 0.3) is 0 Å². The van der Waals surface area contributed by atoms with Crippen LogP contribution in [0.4, 0.5) is 0 Å². The Morgan fingerprint density at radius 2 is 2.15 bits per heavy atom. The Bertz CT molecular complexity index is 374. The largest absolute Gasteiger partial charge is 0.377 e. The van der Waals surface area contributed by atoms with Gasteiger partial charge in [0, 0.05) is 19.7 Å². The fourth-order valence-electron chi connectivity index (χ4n) is 3.08. The normalized spacial score (nSPS) is 28.1. The summed E-state index contributed by atoms with van der Waals surface area (Å²) in [6, 6.07) is 0. The maximum atomic E-state index is 12.6. The molecule has 0 aromatic heterocycles. The van der Waals surface area contributed by atoms with Crippen LogP contribution in [0, 0.1) is 5.92 Å². The Labute approximate surface area is 123 Å². The van der Waals surface area contributed by atoms with Gasteiger partial charge in [0.1, 0.15) is 0 Å². The standard InChI is InChI=1S/C14H28N2O3S/c1-2-8-16(11-13-5-3-7-15-10-13)20(17,18)12-14-6-4-9-19-14/h13-15H,2-12H2,1H3. The minimum absolute atomic E-state index is 0.0937. The summed E-state index contributed by atoms with van der Waals surface area (Å²) in [5.74, 6) is 0.613. The summed E-state index contributed by atoms with van der Waals surface area (Å²) in [7, 11) is -3.19. The van der Waals surface area contributed by atoms with Crippen molar-refractivity contribution < 1.29 is 13.2 Å². The van der Waals surface area contributed by atoms with Crippen LogP contribution in [0.25, 0.3) is 0 Å².